The summed E-state index contributed by atoms with van der Waals surface area (Å²) in [7, 11) is -1.97. The van der Waals surface area contributed by atoms with Gasteiger partial charge in [0.15, 0.2) is 11.5 Å². The third-order valence-electron chi connectivity index (χ3n) is 4.91. The van der Waals surface area contributed by atoms with Crippen molar-refractivity contribution < 1.29 is 27.4 Å². The number of methoxy groups -OCH3 is 1. The molecule has 1 saturated carbocycles. The highest BCUT2D eigenvalue weighted by Crippen LogP contribution is 2.34. The number of nitrogens with one attached hydrogen (secondary N) is 1. The molecule has 10 heteroatoms. The van der Waals surface area contributed by atoms with Gasteiger partial charge in [0, 0.05) is 17.0 Å². The van der Waals surface area contributed by atoms with E-state index in [4.69, 9.17) is 14.2 Å². The average Bonchev–Trinajstić information content (AvgIpc) is 3.49. The molecule has 1 fully saturated rings. The van der Waals surface area contributed by atoms with E-state index in [1.165, 1.54) is 35.6 Å². The number of thiazole rings is 1. The molecule has 0 spiro atoms. The van der Waals surface area contributed by atoms with Gasteiger partial charge in [0.1, 0.15) is 11.6 Å². The molecule has 174 valence electrons. The highest BCUT2D eigenvalue weighted by atomic mass is 32.2. The second kappa shape index (κ2) is 9.90. The predicted molar refractivity (Wildman–Crippen MR) is 124 cm³/mol. The molecule has 1 N–H and O–H groups in total. The van der Waals surface area contributed by atoms with Crippen molar-refractivity contribution in [2.75, 3.05) is 13.7 Å². The van der Waals surface area contributed by atoms with Crippen LogP contribution in [-0.2, 0) is 21.4 Å². The van der Waals surface area contributed by atoms with Gasteiger partial charge in [0.2, 0.25) is 10.0 Å². The molecule has 1 heterocycles. The minimum atomic E-state index is -3.56. The lowest BCUT2D eigenvalue weighted by molar-refractivity contribution is 0.0468. The Morgan fingerprint density at radius 1 is 1.15 bits per heavy atom. The van der Waals surface area contributed by atoms with E-state index in [0.717, 1.165) is 23.4 Å². The first kappa shape index (κ1) is 23.2. The van der Waals surface area contributed by atoms with Gasteiger partial charge in [-0.3, -0.25) is 0 Å². The van der Waals surface area contributed by atoms with Crippen LogP contribution in [0.4, 0.5) is 0 Å². The SMILES string of the molecule is CCOc1ccc(-c2nc(COC(=O)c3ccc(S(=O)(=O)NC4CC4)cc3)cs2)cc1OC. The van der Waals surface area contributed by atoms with Crippen molar-refractivity contribution in [2.45, 2.75) is 37.3 Å². The lowest BCUT2D eigenvalue weighted by atomic mass is 10.2. The van der Waals surface area contributed by atoms with Crippen molar-refractivity contribution >= 4 is 27.3 Å². The Hall–Kier alpha value is -2.95. The molecule has 33 heavy (non-hydrogen) atoms. The lowest BCUT2D eigenvalue weighted by Crippen LogP contribution is -2.25. The summed E-state index contributed by atoms with van der Waals surface area (Å²) in [5, 5.41) is 2.59. The molecule has 0 amide bonds. The minimum absolute atomic E-state index is 0.00673. The number of carbonyl (C=O) groups excluding carboxylic acids is 1. The van der Waals surface area contributed by atoms with Gasteiger partial charge in [-0.15, -0.1) is 11.3 Å². The fraction of sp³-hybridized carbons (Fsp3) is 0.304. The maximum Gasteiger partial charge on any atom is 0.338 e. The van der Waals surface area contributed by atoms with Crippen molar-refractivity contribution in [1.82, 2.24) is 9.71 Å². The molecule has 1 aliphatic carbocycles. The summed E-state index contributed by atoms with van der Waals surface area (Å²) in [6.07, 6.45) is 1.71. The van der Waals surface area contributed by atoms with Gasteiger partial charge in [0.25, 0.3) is 0 Å². The van der Waals surface area contributed by atoms with Crippen LogP contribution in [0.25, 0.3) is 10.6 Å². The van der Waals surface area contributed by atoms with Gasteiger partial charge in [-0.2, -0.15) is 0 Å². The van der Waals surface area contributed by atoms with Crippen LogP contribution in [0.15, 0.2) is 52.7 Å². The quantitative estimate of drug-likeness (QED) is 0.430. The molecule has 0 atom stereocenters. The molecule has 3 aromatic rings. The first-order valence-electron chi connectivity index (χ1n) is 10.4. The molecular weight excluding hydrogens is 464 g/mol. The molecule has 4 rings (SSSR count). The zero-order chi connectivity index (χ0) is 23.4. The van der Waals surface area contributed by atoms with Gasteiger partial charge in [-0.25, -0.2) is 22.9 Å². The van der Waals surface area contributed by atoms with Crippen molar-refractivity contribution in [1.29, 1.82) is 0 Å². The number of ether oxygens (including phenoxy) is 3. The topological polar surface area (TPSA) is 104 Å². The van der Waals surface area contributed by atoms with Crippen molar-refractivity contribution in [3.05, 3.63) is 59.1 Å². The number of hydrogen-bond acceptors (Lipinski definition) is 8. The normalized spacial score (nSPS) is 13.5. The third-order valence-corrected chi connectivity index (χ3v) is 7.39. The summed E-state index contributed by atoms with van der Waals surface area (Å²) in [6, 6.07) is 11.3. The fourth-order valence-electron chi connectivity index (χ4n) is 3.06. The number of aromatic nitrogens is 1. The van der Waals surface area contributed by atoms with Crippen molar-refractivity contribution in [3.63, 3.8) is 0 Å². The molecule has 0 bridgehead atoms. The number of benzene rings is 2. The van der Waals surface area contributed by atoms with Crippen molar-refractivity contribution in [3.8, 4) is 22.1 Å². The number of carbonyl (C=O) groups is 1. The zero-order valence-electron chi connectivity index (χ0n) is 18.2. The number of rotatable bonds is 10. The highest BCUT2D eigenvalue weighted by molar-refractivity contribution is 7.89. The van der Waals surface area contributed by atoms with Crippen LogP contribution in [0.5, 0.6) is 11.5 Å². The van der Waals surface area contributed by atoms with Gasteiger partial charge in [-0.05, 0) is 62.2 Å². The molecule has 0 aliphatic heterocycles. The second-order valence-corrected chi connectivity index (χ2v) is 10.0. The average molecular weight is 489 g/mol. The molecule has 8 nitrogen and oxygen atoms in total. The smallest absolute Gasteiger partial charge is 0.338 e. The van der Waals surface area contributed by atoms with E-state index in [0.29, 0.717) is 23.8 Å². The Kier molecular flexibility index (Phi) is 6.96. The van der Waals surface area contributed by atoms with Crippen molar-refractivity contribution in [2.24, 2.45) is 0 Å². The van der Waals surface area contributed by atoms with Gasteiger partial charge in [0.05, 0.1) is 29.9 Å². The van der Waals surface area contributed by atoms with E-state index in [2.05, 4.69) is 9.71 Å². The minimum Gasteiger partial charge on any atom is -0.493 e. The van der Waals surface area contributed by atoms with Gasteiger partial charge in [-0.1, -0.05) is 0 Å². The molecule has 0 radical (unpaired) electrons. The van der Waals surface area contributed by atoms with Gasteiger partial charge >= 0.3 is 5.97 Å². The van der Waals surface area contributed by atoms with E-state index in [1.807, 2.05) is 30.5 Å². The summed E-state index contributed by atoms with van der Waals surface area (Å²) < 4.78 is 43.4. The summed E-state index contributed by atoms with van der Waals surface area (Å²) in [4.78, 5) is 17.0. The Morgan fingerprint density at radius 3 is 2.58 bits per heavy atom. The third kappa shape index (κ3) is 5.70. The Morgan fingerprint density at radius 2 is 1.91 bits per heavy atom. The Labute approximate surface area is 196 Å². The second-order valence-electron chi connectivity index (χ2n) is 7.44. The number of hydrogen-bond donors (Lipinski definition) is 1. The van der Waals surface area contributed by atoms with E-state index in [1.54, 1.807) is 7.11 Å². The van der Waals surface area contributed by atoms with Crippen LogP contribution in [0.3, 0.4) is 0 Å². The van der Waals surface area contributed by atoms with Crippen LogP contribution in [0, 0.1) is 0 Å². The monoisotopic (exact) mass is 488 g/mol. The largest absolute Gasteiger partial charge is 0.493 e. The molecule has 1 aliphatic rings. The van der Waals surface area contributed by atoms with Gasteiger partial charge < -0.3 is 14.2 Å². The summed E-state index contributed by atoms with van der Waals surface area (Å²) in [5.74, 6) is 0.735. The molecule has 0 saturated heterocycles. The van der Waals surface area contributed by atoms with Crippen LogP contribution in [-0.4, -0.2) is 39.1 Å². The fourth-order valence-corrected chi connectivity index (χ4v) is 5.17. The Bertz CT molecular complexity index is 1230. The first-order chi connectivity index (χ1) is 15.9. The molecule has 1 aromatic heterocycles. The number of nitrogens with zero attached hydrogens (tertiary/aromatic N) is 1. The summed E-state index contributed by atoms with van der Waals surface area (Å²) >= 11 is 1.43. The van der Waals surface area contributed by atoms with Crippen LogP contribution < -0.4 is 14.2 Å². The molecule has 0 unspecified atom stereocenters. The Balaban J connectivity index is 1.37. The van der Waals surface area contributed by atoms with Crippen LogP contribution in [0.1, 0.15) is 35.8 Å². The maximum absolute atomic E-state index is 12.4. The number of esters is 1. The molecule has 2 aromatic carbocycles. The standard InChI is InChI=1S/C23H24N2O6S2/c1-3-30-20-11-6-16(12-21(20)29-2)22-24-18(14-32-22)13-31-23(26)15-4-9-19(10-5-15)33(27,28)25-17-7-8-17/h4-6,9-12,14,17,25H,3,7-8,13H2,1-2H3. The highest BCUT2D eigenvalue weighted by Gasteiger charge is 2.28. The first-order valence-corrected chi connectivity index (χ1v) is 12.8. The maximum atomic E-state index is 12.4. The number of sulfonamides is 1. The molecular formula is C23H24N2O6S2. The lowest BCUT2D eigenvalue weighted by Gasteiger charge is -2.10. The van der Waals surface area contributed by atoms with E-state index < -0.39 is 16.0 Å². The zero-order valence-corrected chi connectivity index (χ0v) is 19.9. The summed E-state index contributed by atoms with van der Waals surface area (Å²) in [5.41, 5.74) is 1.76. The van der Waals surface area contributed by atoms with E-state index in [-0.39, 0.29) is 23.1 Å². The predicted octanol–water partition coefficient (Wildman–Crippen LogP) is 4.02. The van der Waals surface area contributed by atoms with E-state index in [9.17, 15) is 13.2 Å². The van der Waals surface area contributed by atoms with Crippen LogP contribution >= 0.6 is 11.3 Å². The summed E-state index contributed by atoms with van der Waals surface area (Å²) in [6.45, 7) is 2.45. The van der Waals surface area contributed by atoms with Crippen LogP contribution in [0.2, 0.25) is 0 Å². The van der Waals surface area contributed by atoms with E-state index >= 15 is 0 Å².